The summed E-state index contributed by atoms with van der Waals surface area (Å²) in [5.74, 6) is -0.308. The number of halogens is 2. The van der Waals surface area contributed by atoms with E-state index < -0.39 is 0 Å². The molecule has 0 N–H and O–H groups in total. The Balaban J connectivity index is 2.20. The predicted molar refractivity (Wildman–Crippen MR) is 87.2 cm³/mol. The molecule has 0 radical (unpaired) electrons. The van der Waals surface area contributed by atoms with Gasteiger partial charge in [0.1, 0.15) is 0 Å². The van der Waals surface area contributed by atoms with E-state index in [-0.39, 0.29) is 24.3 Å². The van der Waals surface area contributed by atoms with E-state index in [9.17, 15) is 9.59 Å². The summed E-state index contributed by atoms with van der Waals surface area (Å²) in [6, 6.07) is 5.42. The van der Waals surface area contributed by atoms with Crippen LogP contribution in [0.3, 0.4) is 0 Å². The lowest BCUT2D eigenvalue weighted by atomic mass is 9.98. The number of likely N-dealkylation sites (tertiary alicyclic amines) is 1. The molecular formula is C15H17Br2NO3. The Morgan fingerprint density at radius 3 is 2.76 bits per heavy atom. The van der Waals surface area contributed by atoms with Crippen molar-refractivity contribution in [3.8, 4) is 0 Å². The Morgan fingerprint density at radius 1 is 1.33 bits per heavy atom. The van der Waals surface area contributed by atoms with Gasteiger partial charge in [0.15, 0.2) is 0 Å². The number of amides is 1. The summed E-state index contributed by atoms with van der Waals surface area (Å²) >= 11 is 6.81. The number of carbonyl (C=O) groups is 2. The fourth-order valence-corrected chi connectivity index (χ4v) is 3.79. The molecule has 21 heavy (non-hydrogen) atoms. The van der Waals surface area contributed by atoms with E-state index in [1.807, 2.05) is 12.1 Å². The van der Waals surface area contributed by atoms with Crippen molar-refractivity contribution in [3.63, 3.8) is 0 Å². The molecule has 1 aliphatic heterocycles. The van der Waals surface area contributed by atoms with Crippen LogP contribution in [-0.2, 0) is 9.53 Å². The highest BCUT2D eigenvalue weighted by Gasteiger charge is 2.30. The molecule has 1 aromatic carbocycles. The molecule has 1 aromatic rings. The van der Waals surface area contributed by atoms with Crippen molar-refractivity contribution >= 4 is 43.7 Å². The van der Waals surface area contributed by atoms with Crippen molar-refractivity contribution in [3.05, 3.63) is 32.7 Å². The van der Waals surface area contributed by atoms with Crippen LogP contribution >= 0.6 is 31.9 Å². The van der Waals surface area contributed by atoms with Gasteiger partial charge in [-0.15, -0.1) is 0 Å². The third-order valence-corrected chi connectivity index (χ3v) is 4.83. The molecule has 1 heterocycles. The number of piperidine rings is 1. The molecule has 1 atom stereocenters. The van der Waals surface area contributed by atoms with Crippen molar-refractivity contribution in [1.29, 1.82) is 0 Å². The lowest BCUT2D eigenvalue weighted by Crippen LogP contribution is -2.45. The summed E-state index contributed by atoms with van der Waals surface area (Å²) in [7, 11) is 1.38. The Hall–Kier alpha value is -0.880. The Morgan fingerprint density at radius 2 is 2.10 bits per heavy atom. The number of carbonyl (C=O) groups excluding carboxylic acids is 2. The molecule has 0 aliphatic carbocycles. The Bertz CT molecular complexity index is 548. The van der Waals surface area contributed by atoms with Crippen LogP contribution in [0.25, 0.3) is 0 Å². The topological polar surface area (TPSA) is 46.6 Å². The number of benzene rings is 1. The third-order valence-electron chi connectivity index (χ3n) is 3.68. The van der Waals surface area contributed by atoms with Crippen LogP contribution in [-0.4, -0.2) is 36.5 Å². The van der Waals surface area contributed by atoms with Crippen LogP contribution < -0.4 is 0 Å². The molecule has 0 saturated carbocycles. The summed E-state index contributed by atoms with van der Waals surface area (Å²) in [6.45, 7) is 0.684. The first-order valence-corrected chi connectivity index (χ1v) is 8.44. The van der Waals surface area contributed by atoms with E-state index in [2.05, 4.69) is 31.9 Å². The van der Waals surface area contributed by atoms with Gasteiger partial charge in [-0.1, -0.05) is 15.9 Å². The highest BCUT2D eigenvalue weighted by molar-refractivity contribution is 9.11. The summed E-state index contributed by atoms with van der Waals surface area (Å²) in [6.07, 6.45) is 3.11. The molecule has 114 valence electrons. The molecule has 4 nitrogen and oxygen atoms in total. The zero-order valence-corrected chi connectivity index (χ0v) is 14.9. The molecule has 1 fully saturated rings. The van der Waals surface area contributed by atoms with Crippen molar-refractivity contribution in [2.24, 2.45) is 0 Å². The van der Waals surface area contributed by atoms with Gasteiger partial charge in [0.05, 0.1) is 19.1 Å². The van der Waals surface area contributed by atoms with E-state index in [0.717, 1.165) is 28.2 Å². The van der Waals surface area contributed by atoms with E-state index >= 15 is 0 Å². The lowest BCUT2D eigenvalue weighted by Gasteiger charge is -2.35. The maximum absolute atomic E-state index is 12.7. The minimum Gasteiger partial charge on any atom is -0.469 e. The second kappa shape index (κ2) is 7.40. The number of nitrogens with zero attached hydrogens (tertiary/aromatic N) is 1. The van der Waals surface area contributed by atoms with Gasteiger partial charge in [-0.05, 0) is 53.4 Å². The Labute approximate surface area is 141 Å². The molecule has 1 amide bonds. The molecule has 1 saturated heterocycles. The van der Waals surface area contributed by atoms with E-state index in [0.29, 0.717) is 12.1 Å². The molecule has 0 bridgehead atoms. The minimum atomic E-state index is -0.269. The van der Waals surface area contributed by atoms with Crippen LogP contribution in [0.5, 0.6) is 0 Å². The van der Waals surface area contributed by atoms with Gasteiger partial charge in [0, 0.05) is 21.5 Å². The smallest absolute Gasteiger partial charge is 0.307 e. The van der Waals surface area contributed by atoms with E-state index in [1.54, 1.807) is 11.0 Å². The van der Waals surface area contributed by atoms with Crippen LogP contribution in [0.1, 0.15) is 36.0 Å². The largest absolute Gasteiger partial charge is 0.469 e. The average Bonchev–Trinajstić information content (AvgIpc) is 2.47. The lowest BCUT2D eigenvalue weighted by molar-refractivity contribution is -0.142. The number of esters is 1. The highest BCUT2D eigenvalue weighted by atomic mass is 79.9. The number of methoxy groups -OCH3 is 1. The average molecular weight is 419 g/mol. The molecule has 1 unspecified atom stereocenters. The van der Waals surface area contributed by atoms with Gasteiger partial charge in [-0.2, -0.15) is 0 Å². The first kappa shape index (κ1) is 16.5. The number of rotatable bonds is 3. The zero-order chi connectivity index (χ0) is 15.4. The highest BCUT2D eigenvalue weighted by Crippen LogP contribution is 2.27. The fraction of sp³-hybridized carbons (Fsp3) is 0.467. The number of ether oxygens (including phenoxy) is 1. The molecule has 2 rings (SSSR count). The SMILES string of the molecule is COC(=O)CC1CCCCN1C(=O)c1ccc(Br)cc1Br. The maximum Gasteiger partial charge on any atom is 0.307 e. The van der Waals surface area contributed by atoms with Crippen molar-refractivity contribution in [2.45, 2.75) is 31.7 Å². The number of hydrogen-bond donors (Lipinski definition) is 0. The molecule has 0 aromatic heterocycles. The molecule has 6 heteroatoms. The molecular weight excluding hydrogens is 402 g/mol. The Kier molecular flexibility index (Phi) is 5.81. The molecule has 0 spiro atoms. The second-order valence-corrected chi connectivity index (χ2v) is 6.82. The van der Waals surface area contributed by atoms with Gasteiger partial charge in [0.25, 0.3) is 5.91 Å². The van der Waals surface area contributed by atoms with Gasteiger partial charge < -0.3 is 9.64 Å². The standard InChI is InChI=1S/C15H17Br2NO3/c1-21-14(19)9-11-4-2-3-7-18(11)15(20)12-6-5-10(16)8-13(12)17/h5-6,8,11H,2-4,7,9H2,1H3. The van der Waals surface area contributed by atoms with Gasteiger partial charge in [-0.3, -0.25) is 9.59 Å². The first-order valence-electron chi connectivity index (χ1n) is 6.85. The zero-order valence-electron chi connectivity index (χ0n) is 11.8. The van der Waals surface area contributed by atoms with Crippen LogP contribution in [0.2, 0.25) is 0 Å². The molecule has 1 aliphatic rings. The predicted octanol–water partition coefficient (Wildman–Crippen LogP) is 3.77. The van der Waals surface area contributed by atoms with E-state index in [4.69, 9.17) is 4.74 Å². The maximum atomic E-state index is 12.7. The van der Waals surface area contributed by atoms with Gasteiger partial charge >= 0.3 is 5.97 Å². The minimum absolute atomic E-state index is 0.0389. The quantitative estimate of drug-likeness (QED) is 0.702. The number of hydrogen-bond acceptors (Lipinski definition) is 3. The van der Waals surface area contributed by atoms with Gasteiger partial charge in [0.2, 0.25) is 0 Å². The van der Waals surface area contributed by atoms with Crippen LogP contribution in [0, 0.1) is 0 Å². The summed E-state index contributed by atoms with van der Waals surface area (Å²) < 4.78 is 6.40. The third kappa shape index (κ3) is 4.07. The van der Waals surface area contributed by atoms with Gasteiger partial charge in [-0.25, -0.2) is 0 Å². The fourth-order valence-electron chi connectivity index (χ4n) is 2.57. The normalized spacial score (nSPS) is 18.4. The van der Waals surface area contributed by atoms with Crippen LogP contribution in [0.4, 0.5) is 0 Å². The summed E-state index contributed by atoms with van der Waals surface area (Å²) in [5.41, 5.74) is 0.620. The van der Waals surface area contributed by atoms with Crippen LogP contribution in [0.15, 0.2) is 27.1 Å². The summed E-state index contributed by atoms with van der Waals surface area (Å²) in [5, 5.41) is 0. The van der Waals surface area contributed by atoms with E-state index in [1.165, 1.54) is 7.11 Å². The monoisotopic (exact) mass is 417 g/mol. The summed E-state index contributed by atoms with van der Waals surface area (Å²) in [4.78, 5) is 26.1. The van der Waals surface area contributed by atoms with Crippen molar-refractivity contribution in [1.82, 2.24) is 4.90 Å². The second-order valence-electron chi connectivity index (χ2n) is 5.05. The van der Waals surface area contributed by atoms with Crippen molar-refractivity contribution < 1.29 is 14.3 Å². The first-order chi connectivity index (χ1) is 10.0. The van der Waals surface area contributed by atoms with Crippen molar-refractivity contribution in [2.75, 3.05) is 13.7 Å².